The molecule has 3 nitrogen and oxygen atoms in total. The molecule has 0 saturated heterocycles. The standard InChI is InChI=1S/C52H34N2O/c1-3-11-35(12-4-1)36-21-26-41(27-22-36)53(43-30-31-45-44-15-7-9-17-48(44)54(49(45)34-43)40-13-5-2-6-14-40)42-28-23-37(24-29-42)39-20-19-38-25-32-51-52(47(38)33-39)46-16-8-10-18-50(46)55-51/h1-34H. The first kappa shape index (κ1) is 31.2. The fourth-order valence-electron chi connectivity index (χ4n) is 8.36. The Hall–Kier alpha value is -7.36. The fourth-order valence-corrected chi connectivity index (χ4v) is 8.36. The summed E-state index contributed by atoms with van der Waals surface area (Å²) in [7, 11) is 0. The topological polar surface area (TPSA) is 21.3 Å². The number of nitrogens with zero attached hydrogens (tertiary/aromatic N) is 2. The maximum absolute atomic E-state index is 6.23. The number of anilines is 3. The molecule has 0 atom stereocenters. The Morgan fingerprint density at radius 3 is 1.67 bits per heavy atom. The van der Waals surface area contributed by atoms with Crippen molar-refractivity contribution in [2.45, 2.75) is 0 Å². The lowest BCUT2D eigenvalue weighted by molar-refractivity contribution is 0.669. The van der Waals surface area contributed by atoms with E-state index in [4.69, 9.17) is 4.42 Å². The second-order valence-electron chi connectivity index (χ2n) is 14.2. The zero-order valence-electron chi connectivity index (χ0n) is 29.9. The molecule has 9 aromatic carbocycles. The van der Waals surface area contributed by atoms with Crippen molar-refractivity contribution in [3.8, 4) is 27.9 Å². The van der Waals surface area contributed by atoms with Gasteiger partial charge in [-0.2, -0.15) is 0 Å². The molecular formula is C52H34N2O. The summed E-state index contributed by atoms with van der Waals surface area (Å²) >= 11 is 0. The van der Waals surface area contributed by atoms with Crippen molar-refractivity contribution in [2.75, 3.05) is 4.90 Å². The summed E-state index contributed by atoms with van der Waals surface area (Å²) in [6.45, 7) is 0. The van der Waals surface area contributed by atoms with Crippen molar-refractivity contribution in [1.82, 2.24) is 4.57 Å². The SMILES string of the molecule is c1ccc(-c2ccc(N(c3ccc(-c4ccc5ccc6oc7ccccc7c6c5c4)cc3)c3ccc4c5ccccc5n(-c5ccccc5)c4c3)cc2)cc1. The van der Waals surface area contributed by atoms with Gasteiger partial charge in [-0.05, 0) is 106 Å². The molecule has 0 N–H and O–H groups in total. The van der Waals surface area contributed by atoms with Crippen LogP contribution in [-0.2, 0) is 0 Å². The van der Waals surface area contributed by atoms with E-state index in [-0.39, 0.29) is 0 Å². The van der Waals surface area contributed by atoms with Gasteiger partial charge in [0.1, 0.15) is 11.2 Å². The zero-order chi connectivity index (χ0) is 36.3. The highest BCUT2D eigenvalue weighted by atomic mass is 16.3. The molecule has 55 heavy (non-hydrogen) atoms. The Balaban J connectivity index is 1.06. The molecule has 0 unspecified atom stereocenters. The first-order valence-corrected chi connectivity index (χ1v) is 18.8. The number of hydrogen-bond donors (Lipinski definition) is 0. The van der Waals surface area contributed by atoms with E-state index in [2.05, 4.69) is 204 Å². The van der Waals surface area contributed by atoms with Crippen LogP contribution in [0.4, 0.5) is 17.1 Å². The van der Waals surface area contributed by atoms with Crippen molar-refractivity contribution < 1.29 is 4.42 Å². The Morgan fingerprint density at radius 2 is 0.909 bits per heavy atom. The Kier molecular flexibility index (Phi) is 7.17. The monoisotopic (exact) mass is 702 g/mol. The minimum absolute atomic E-state index is 0.915. The first-order valence-electron chi connectivity index (χ1n) is 18.8. The average Bonchev–Trinajstić information content (AvgIpc) is 3.81. The third-order valence-corrected chi connectivity index (χ3v) is 11.0. The van der Waals surface area contributed by atoms with Crippen LogP contribution in [-0.4, -0.2) is 4.57 Å². The second-order valence-corrected chi connectivity index (χ2v) is 14.2. The number of rotatable bonds is 6. The molecule has 11 rings (SSSR count). The van der Waals surface area contributed by atoms with Gasteiger partial charge < -0.3 is 13.9 Å². The third-order valence-electron chi connectivity index (χ3n) is 11.0. The minimum Gasteiger partial charge on any atom is -0.456 e. The molecule has 11 aromatic rings. The maximum Gasteiger partial charge on any atom is 0.136 e. The van der Waals surface area contributed by atoms with Crippen molar-refractivity contribution >= 4 is 71.6 Å². The predicted molar refractivity (Wildman–Crippen MR) is 231 cm³/mol. The predicted octanol–water partition coefficient (Wildman–Crippen LogP) is 14.6. The highest BCUT2D eigenvalue weighted by Crippen LogP contribution is 2.41. The van der Waals surface area contributed by atoms with Crippen molar-refractivity contribution in [3.05, 3.63) is 206 Å². The lowest BCUT2D eigenvalue weighted by Crippen LogP contribution is -2.10. The van der Waals surface area contributed by atoms with E-state index in [1.54, 1.807) is 0 Å². The minimum atomic E-state index is 0.915. The van der Waals surface area contributed by atoms with Crippen LogP contribution < -0.4 is 4.90 Å². The van der Waals surface area contributed by atoms with Gasteiger partial charge in [-0.25, -0.2) is 0 Å². The number of aromatic nitrogens is 1. The molecule has 3 heteroatoms. The van der Waals surface area contributed by atoms with Crippen LogP contribution in [0.2, 0.25) is 0 Å². The highest BCUT2D eigenvalue weighted by Gasteiger charge is 2.18. The van der Waals surface area contributed by atoms with Gasteiger partial charge in [-0.15, -0.1) is 0 Å². The average molecular weight is 703 g/mol. The van der Waals surface area contributed by atoms with Crippen molar-refractivity contribution in [1.29, 1.82) is 0 Å². The molecule has 0 amide bonds. The number of hydrogen-bond acceptors (Lipinski definition) is 2. The van der Waals surface area contributed by atoms with E-state index < -0.39 is 0 Å². The molecule has 0 aliphatic rings. The molecule has 0 radical (unpaired) electrons. The smallest absolute Gasteiger partial charge is 0.136 e. The van der Waals surface area contributed by atoms with Gasteiger partial charge >= 0.3 is 0 Å². The van der Waals surface area contributed by atoms with Gasteiger partial charge in [0.05, 0.1) is 11.0 Å². The summed E-state index contributed by atoms with van der Waals surface area (Å²) < 4.78 is 8.62. The summed E-state index contributed by atoms with van der Waals surface area (Å²) in [5.41, 5.74) is 13.3. The lowest BCUT2D eigenvalue weighted by atomic mass is 9.98. The largest absolute Gasteiger partial charge is 0.456 e. The van der Waals surface area contributed by atoms with Gasteiger partial charge in [0.25, 0.3) is 0 Å². The van der Waals surface area contributed by atoms with E-state index >= 15 is 0 Å². The van der Waals surface area contributed by atoms with Gasteiger partial charge in [-0.3, -0.25) is 0 Å². The first-order chi connectivity index (χ1) is 27.3. The van der Waals surface area contributed by atoms with Crippen molar-refractivity contribution in [2.24, 2.45) is 0 Å². The van der Waals surface area contributed by atoms with Crippen LogP contribution in [0.1, 0.15) is 0 Å². The fraction of sp³-hybridized carbons (Fsp3) is 0. The van der Waals surface area contributed by atoms with Crippen LogP contribution in [0.3, 0.4) is 0 Å². The number of para-hydroxylation sites is 3. The highest BCUT2D eigenvalue weighted by molar-refractivity contribution is 6.19. The summed E-state index contributed by atoms with van der Waals surface area (Å²) in [5.74, 6) is 0. The summed E-state index contributed by atoms with van der Waals surface area (Å²) in [6.07, 6.45) is 0. The summed E-state index contributed by atoms with van der Waals surface area (Å²) in [6, 6.07) is 74.0. The van der Waals surface area contributed by atoms with Gasteiger partial charge in [0, 0.05) is 44.3 Å². The maximum atomic E-state index is 6.23. The van der Waals surface area contributed by atoms with E-state index in [1.807, 2.05) is 12.1 Å². The molecule has 2 aromatic heterocycles. The number of furan rings is 1. The van der Waals surface area contributed by atoms with Gasteiger partial charge in [-0.1, -0.05) is 133 Å². The molecule has 258 valence electrons. The molecule has 0 aliphatic heterocycles. The van der Waals surface area contributed by atoms with E-state index in [0.717, 1.165) is 44.9 Å². The molecule has 0 bridgehead atoms. The number of fused-ring (bicyclic) bond motifs is 8. The molecule has 0 fully saturated rings. The van der Waals surface area contributed by atoms with Gasteiger partial charge in [0.2, 0.25) is 0 Å². The molecule has 2 heterocycles. The van der Waals surface area contributed by atoms with Gasteiger partial charge in [0.15, 0.2) is 0 Å². The molecular weight excluding hydrogens is 669 g/mol. The normalized spacial score (nSPS) is 11.6. The Morgan fingerprint density at radius 1 is 0.345 bits per heavy atom. The van der Waals surface area contributed by atoms with E-state index in [0.29, 0.717) is 0 Å². The Bertz CT molecular complexity index is 3180. The second kappa shape index (κ2) is 12.6. The van der Waals surface area contributed by atoms with Crippen LogP contribution >= 0.6 is 0 Å². The Labute approximate surface area is 318 Å². The zero-order valence-corrected chi connectivity index (χ0v) is 29.9. The summed E-state index contributed by atoms with van der Waals surface area (Å²) in [5, 5.41) is 7.19. The molecule has 0 aliphatic carbocycles. The molecule has 0 spiro atoms. The van der Waals surface area contributed by atoms with Crippen LogP contribution in [0, 0.1) is 0 Å². The third kappa shape index (κ3) is 5.20. The van der Waals surface area contributed by atoms with E-state index in [9.17, 15) is 0 Å². The van der Waals surface area contributed by atoms with E-state index in [1.165, 1.54) is 54.7 Å². The van der Waals surface area contributed by atoms with Crippen LogP contribution in [0.15, 0.2) is 211 Å². The van der Waals surface area contributed by atoms with Crippen LogP contribution in [0.25, 0.3) is 82.5 Å². The molecule has 0 saturated carbocycles. The lowest BCUT2D eigenvalue weighted by Gasteiger charge is -2.26. The van der Waals surface area contributed by atoms with Crippen LogP contribution in [0.5, 0.6) is 0 Å². The summed E-state index contributed by atoms with van der Waals surface area (Å²) in [4.78, 5) is 2.37. The van der Waals surface area contributed by atoms with Crippen molar-refractivity contribution in [3.63, 3.8) is 0 Å². The number of benzene rings is 9. The quantitative estimate of drug-likeness (QED) is 0.172.